The Labute approximate surface area is 107 Å². The number of nitrogens with one attached hydrogen (secondary N) is 2. The van der Waals surface area contributed by atoms with E-state index < -0.39 is 15.9 Å². The van der Waals surface area contributed by atoms with Crippen molar-refractivity contribution >= 4 is 31.9 Å². The Hall–Kier alpha value is -0.960. The molecule has 0 spiro atoms. The van der Waals surface area contributed by atoms with Crippen molar-refractivity contribution in [2.24, 2.45) is 0 Å². The number of amides is 1. The van der Waals surface area contributed by atoms with Crippen molar-refractivity contribution in [3.63, 3.8) is 0 Å². The molecule has 0 aromatic heterocycles. The fourth-order valence-electron chi connectivity index (χ4n) is 1.05. The van der Waals surface area contributed by atoms with Gasteiger partial charge in [0.1, 0.15) is 0 Å². The van der Waals surface area contributed by atoms with E-state index in [9.17, 15) is 13.2 Å². The molecule has 0 saturated heterocycles. The molecular formula is C9H11BrN2O4S. The van der Waals surface area contributed by atoms with Crippen LogP contribution in [0, 0.1) is 0 Å². The summed E-state index contributed by atoms with van der Waals surface area (Å²) in [6.45, 7) is -0.0786. The fraction of sp³-hybridized carbons (Fsp3) is 0.222. The smallest absolute Gasteiger partial charge is 0.244 e. The lowest BCUT2D eigenvalue weighted by Crippen LogP contribution is -2.29. The molecule has 0 aliphatic heterocycles. The summed E-state index contributed by atoms with van der Waals surface area (Å²) >= 11 is 3.20. The van der Waals surface area contributed by atoms with Crippen LogP contribution in [0.25, 0.3) is 0 Å². The van der Waals surface area contributed by atoms with E-state index in [4.69, 9.17) is 5.21 Å². The highest BCUT2D eigenvalue weighted by Crippen LogP contribution is 2.14. The maximum absolute atomic E-state index is 11.7. The summed E-state index contributed by atoms with van der Waals surface area (Å²) in [5, 5.41) is 8.23. The minimum atomic E-state index is -3.61. The van der Waals surface area contributed by atoms with Crippen LogP contribution in [0.15, 0.2) is 33.6 Å². The normalized spacial score (nSPS) is 11.2. The second-order valence-electron chi connectivity index (χ2n) is 3.14. The number of hydrogen-bond donors (Lipinski definition) is 3. The molecule has 0 unspecified atom stereocenters. The molecule has 0 fully saturated rings. The first-order valence-corrected chi connectivity index (χ1v) is 6.91. The van der Waals surface area contributed by atoms with E-state index in [-0.39, 0.29) is 17.9 Å². The summed E-state index contributed by atoms with van der Waals surface area (Å²) in [4.78, 5) is 10.8. The topological polar surface area (TPSA) is 95.5 Å². The van der Waals surface area contributed by atoms with Gasteiger partial charge in [0.2, 0.25) is 15.9 Å². The van der Waals surface area contributed by atoms with Gasteiger partial charge >= 0.3 is 0 Å². The van der Waals surface area contributed by atoms with Crippen LogP contribution in [0.4, 0.5) is 0 Å². The Bertz CT molecular complexity index is 486. The molecule has 17 heavy (non-hydrogen) atoms. The van der Waals surface area contributed by atoms with Gasteiger partial charge in [0.05, 0.1) is 4.90 Å². The molecule has 0 atom stereocenters. The zero-order valence-electron chi connectivity index (χ0n) is 8.68. The van der Waals surface area contributed by atoms with Crippen LogP contribution >= 0.6 is 15.9 Å². The van der Waals surface area contributed by atoms with Crippen LogP contribution in [-0.4, -0.2) is 26.1 Å². The van der Waals surface area contributed by atoms with Gasteiger partial charge in [-0.25, -0.2) is 18.6 Å². The van der Waals surface area contributed by atoms with Gasteiger partial charge in [-0.1, -0.05) is 15.9 Å². The minimum Gasteiger partial charge on any atom is -0.289 e. The molecule has 1 amide bonds. The summed E-state index contributed by atoms with van der Waals surface area (Å²) in [6, 6.07) is 6.10. The predicted octanol–water partition coefficient (Wildman–Crippen LogP) is 0.623. The summed E-state index contributed by atoms with van der Waals surface area (Å²) < 4.78 is 26.4. The van der Waals surface area contributed by atoms with Gasteiger partial charge in [0.15, 0.2) is 0 Å². The Morgan fingerprint density at radius 3 is 2.41 bits per heavy atom. The van der Waals surface area contributed by atoms with E-state index in [0.29, 0.717) is 0 Å². The van der Waals surface area contributed by atoms with E-state index in [1.165, 1.54) is 17.6 Å². The third-order valence-electron chi connectivity index (χ3n) is 1.89. The molecule has 1 aromatic rings. The SMILES string of the molecule is O=C(CCNS(=O)(=O)c1ccc(Br)cc1)NO. The van der Waals surface area contributed by atoms with Crippen LogP contribution in [0.1, 0.15) is 6.42 Å². The number of halogens is 1. The molecule has 6 nitrogen and oxygen atoms in total. The first kappa shape index (κ1) is 14.1. The highest BCUT2D eigenvalue weighted by molar-refractivity contribution is 9.10. The van der Waals surface area contributed by atoms with E-state index >= 15 is 0 Å². The Kier molecular flexibility index (Phi) is 5.06. The number of rotatable bonds is 5. The van der Waals surface area contributed by atoms with Crippen molar-refractivity contribution in [3.05, 3.63) is 28.7 Å². The Morgan fingerprint density at radius 1 is 1.29 bits per heavy atom. The third kappa shape index (κ3) is 4.43. The molecule has 8 heteroatoms. The molecular weight excluding hydrogens is 312 g/mol. The maximum atomic E-state index is 11.7. The number of sulfonamides is 1. The molecule has 0 heterocycles. The van der Waals surface area contributed by atoms with Crippen LogP contribution in [0.2, 0.25) is 0 Å². The van der Waals surface area contributed by atoms with Gasteiger partial charge < -0.3 is 0 Å². The van der Waals surface area contributed by atoms with E-state index in [1.807, 2.05) is 0 Å². The summed E-state index contributed by atoms with van der Waals surface area (Å²) in [5.74, 6) is -0.650. The zero-order chi connectivity index (χ0) is 12.9. The highest BCUT2D eigenvalue weighted by Gasteiger charge is 2.13. The standard InChI is InChI=1S/C9H11BrN2O4S/c10-7-1-3-8(4-2-7)17(15,16)11-6-5-9(13)12-14/h1-4,11,14H,5-6H2,(H,12,13). The first-order chi connectivity index (χ1) is 7.95. The second-order valence-corrected chi connectivity index (χ2v) is 5.82. The average Bonchev–Trinajstić information content (AvgIpc) is 2.29. The number of hydroxylamine groups is 1. The van der Waals surface area contributed by atoms with E-state index in [0.717, 1.165) is 4.47 Å². The van der Waals surface area contributed by atoms with Crippen LogP contribution in [0.3, 0.4) is 0 Å². The quantitative estimate of drug-likeness (QED) is 0.547. The van der Waals surface area contributed by atoms with E-state index in [1.54, 1.807) is 12.1 Å². The average molecular weight is 323 g/mol. The van der Waals surface area contributed by atoms with Crippen molar-refractivity contribution in [1.29, 1.82) is 0 Å². The molecule has 94 valence electrons. The van der Waals surface area contributed by atoms with Gasteiger partial charge in [0.25, 0.3) is 0 Å². The molecule has 0 bridgehead atoms. The van der Waals surface area contributed by atoms with Crippen molar-refractivity contribution in [2.75, 3.05) is 6.54 Å². The lowest BCUT2D eigenvalue weighted by atomic mass is 10.4. The first-order valence-electron chi connectivity index (χ1n) is 4.64. The van der Waals surface area contributed by atoms with Crippen molar-refractivity contribution in [2.45, 2.75) is 11.3 Å². The van der Waals surface area contributed by atoms with E-state index in [2.05, 4.69) is 20.7 Å². The van der Waals surface area contributed by atoms with Crippen molar-refractivity contribution in [1.82, 2.24) is 10.2 Å². The third-order valence-corrected chi connectivity index (χ3v) is 3.90. The summed E-state index contributed by atoms with van der Waals surface area (Å²) in [6.07, 6.45) is -0.133. The molecule has 0 aliphatic rings. The van der Waals surface area contributed by atoms with Crippen LogP contribution in [0.5, 0.6) is 0 Å². The molecule has 1 rings (SSSR count). The number of carbonyl (C=O) groups excluding carboxylic acids is 1. The lowest BCUT2D eigenvalue weighted by Gasteiger charge is -2.05. The lowest BCUT2D eigenvalue weighted by molar-refractivity contribution is -0.129. The summed E-state index contributed by atoms with van der Waals surface area (Å²) in [7, 11) is -3.61. The van der Waals surface area contributed by atoms with Crippen molar-refractivity contribution < 1.29 is 18.4 Å². The number of benzene rings is 1. The highest BCUT2D eigenvalue weighted by atomic mass is 79.9. The zero-order valence-corrected chi connectivity index (χ0v) is 11.1. The fourth-order valence-corrected chi connectivity index (χ4v) is 2.35. The van der Waals surface area contributed by atoms with Crippen LogP contribution in [-0.2, 0) is 14.8 Å². The van der Waals surface area contributed by atoms with Crippen LogP contribution < -0.4 is 10.2 Å². The predicted molar refractivity (Wildman–Crippen MR) is 63.9 cm³/mol. The minimum absolute atomic E-state index is 0.0786. The number of carbonyl (C=O) groups is 1. The van der Waals surface area contributed by atoms with Gasteiger partial charge in [-0.15, -0.1) is 0 Å². The molecule has 0 radical (unpaired) electrons. The largest absolute Gasteiger partial charge is 0.289 e. The van der Waals surface area contributed by atoms with Gasteiger partial charge in [0, 0.05) is 17.4 Å². The number of hydrogen-bond acceptors (Lipinski definition) is 4. The monoisotopic (exact) mass is 322 g/mol. The van der Waals surface area contributed by atoms with Gasteiger partial charge in [-0.3, -0.25) is 10.0 Å². The molecule has 0 saturated carbocycles. The Morgan fingerprint density at radius 2 is 1.88 bits per heavy atom. The van der Waals surface area contributed by atoms with Gasteiger partial charge in [-0.05, 0) is 24.3 Å². The van der Waals surface area contributed by atoms with Gasteiger partial charge in [-0.2, -0.15) is 0 Å². The molecule has 1 aromatic carbocycles. The Balaban J connectivity index is 2.63. The molecule has 0 aliphatic carbocycles. The van der Waals surface area contributed by atoms with Crippen molar-refractivity contribution in [3.8, 4) is 0 Å². The maximum Gasteiger partial charge on any atom is 0.244 e. The summed E-state index contributed by atoms with van der Waals surface area (Å²) in [5.41, 5.74) is 1.42. The molecule has 3 N–H and O–H groups in total. The second kappa shape index (κ2) is 6.10.